The molecule has 0 bridgehead atoms. The van der Waals surface area contributed by atoms with Crippen molar-refractivity contribution in [3.63, 3.8) is 0 Å². The third kappa shape index (κ3) is 3.24. The fourth-order valence-corrected chi connectivity index (χ4v) is 2.52. The molecule has 0 saturated heterocycles. The van der Waals surface area contributed by atoms with Crippen LogP contribution in [0, 0.1) is 0 Å². The third-order valence-corrected chi connectivity index (χ3v) is 3.68. The molecular formula is C20H15NO2. The van der Waals surface area contributed by atoms with Crippen LogP contribution in [0.2, 0.25) is 0 Å². The van der Waals surface area contributed by atoms with Gasteiger partial charge in [0.05, 0.1) is 0 Å². The number of nitrogens with zero attached hydrogens (tertiary/aromatic N) is 1. The lowest BCUT2D eigenvalue weighted by atomic mass is 9.85. The smallest absolute Gasteiger partial charge is 0.178 e. The van der Waals surface area contributed by atoms with Gasteiger partial charge < -0.3 is 0 Å². The van der Waals surface area contributed by atoms with Gasteiger partial charge in [0.2, 0.25) is 0 Å². The van der Waals surface area contributed by atoms with Crippen molar-refractivity contribution in [2.75, 3.05) is 0 Å². The van der Waals surface area contributed by atoms with E-state index in [1.165, 1.54) is 0 Å². The highest BCUT2D eigenvalue weighted by Crippen LogP contribution is 2.25. The van der Waals surface area contributed by atoms with Gasteiger partial charge in [0.1, 0.15) is 5.92 Å². The molecule has 0 fully saturated rings. The van der Waals surface area contributed by atoms with Gasteiger partial charge in [-0.1, -0.05) is 60.7 Å². The summed E-state index contributed by atoms with van der Waals surface area (Å²) in [4.78, 5) is 29.8. The second-order valence-corrected chi connectivity index (χ2v) is 5.17. The van der Waals surface area contributed by atoms with Gasteiger partial charge in [0.25, 0.3) is 0 Å². The number of hydrogen-bond donors (Lipinski definition) is 0. The van der Waals surface area contributed by atoms with Crippen LogP contribution in [0.5, 0.6) is 0 Å². The fourth-order valence-electron chi connectivity index (χ4n) is 2.52. The van der Waals surface area contributed by atoms with Crippen LogP contribution >= 0.6 is 0 Å². The van der Waals surface area contributed by atoms with Crippen molar-refractivity contribution in [1.82, 2.24) is 4.98 Å². The molecule has 3 aromatic rings. The summed E-state index contributed by atoms with van der Waals surface area (Å²) in [6, 6.07) is 21.2. The Balaban J connectivity index is 2.05. The minimum absolute atomic E-state index is 0.203. The molecule has 3 rings (SSSR count). The maximum absolute atomic E-state index is 12.9. The van der Waals surface area contributed by atoms with E-state index in [1.807, 2.05) is 12.1 Å². The van der Waals surface area contributed by atoms with Gasteiger partial charge in [-0.05, 0) is 17.7 Å². The second kappa shape index (κ2) is 6.79. The molecule has 0 aliphatic rings. The van der Waals surface area contributed by atoms with E-state index < -0.39 is 5.92 Å². The zero-order chi connectivity index (χ0) is 16.1. The van der Waals surface area contributed by atoms with Crippen LogP contribution in [0.15, 0.2) is 85.2 Å². The van der Waals surface area contributed by atoms with Crippen LogP contribution in [0.1, 0.15) is 32.2 Å². The molecule has 1 heterocycles. The first kappa shape index (κ1) is 14.9. The van der Waals surface area contributed by atoms with Crippen molar-refractivity contribution >= 4 is 11.6 Å². The first-order valence-corrected chi connectivity index (χ1v) is 7.36. The lowest BCUT2D eigenvalue weighted by Crippen LogP contribution is -2.22. The number of carbonyl (C=O) groups excluding carboxylic acids is 2. The van der Waals surface area contributed by atoms with Crippen LogP contribution in [0.25, 0.3) is 0 Å². The normalized spacial score (nSPS) is 10.5. The Bertz CT molecular complexity index is 747. The molecule has 0 amide bonds. The highest BCUT2D eigenvalue weighted by atomic mass is 16.2. The predicted molar refractivity (Wildman–Crippen MR) is 88.5 cm³/mol. The van der Waals surface area contributed by atoms with E-state index >= 15 is 0 Å². The Hall–Kier alpha value is -3.07. The molecular weight excluding hydrogens is 286 g/mol. The van der Waals surface area contributed by atoms with Crippen LogP contribution < -0.4 is 0 Å². The average molecular weight is 301 g/mol. The Kier molecular flexibility index (Phi) is 4.39. The standard InChI is InChI=1S/C20H15NO2/c22-19(16-7-3-1-4-8-16)18(15-11-13-21-14-12-15)20(23)17-9-5-2-6-10-17/h1-14,18H. The van der Waals surface area contributed by atoms with Gasteiger partial charge in [0, 0.05) is 23.5 Å². The number of rotatable bonds is 5. The molecule has 0 radical (unpaired) electrons. The summed E-state index contributed by atoms with van der Waals surface area (Å²) >= 11 is 0. The van der Waals surface area contributed by atoms with Crippen LogP contribution in [0.4, 0.5) is 0 Å². The second-order valence-electron chi connectivity index (χ2n) is 5.17. The molecule has 0 spiro atoms. The summed E-state index contributed by atoms with van der Waals surface area (Å²) in [6.45, 7) is 0. The van der Waals surface area contributed by atoms with Crippen LogP contribution in [-0.4, -0.2) is 16.6 Å². The van der Waals surface area contributed by atoms with E-state index in [2.05, 4.69) is 4.98 Å². The molecule has 23 heavy (non-hydrogen) atoms. The monoisotopic (exact) mass is 301 g/mol. The number of benzene rings is 2. The SMILES string of the molecule is O=C(c1ccccc1)C(C(=O)c1ccccc1)c1ccncc1. The Morgan fingerprint density at radius 1 is 0.652 bits per heavy atom. The van der Waals surface area contributed by atoms with Crippen molar-refractivity contribution in [3.8, 4) is 0 Å². The Labute approximate surface area is 134 Å². The zero-order valence-corrected chi connectivity index (χ0v) is 12.4. The molecule has 3 heteroatoms. The summed E-state index contributed by atoms with van der Waals surface area (Å²) in [7, 11) is 0. The molecule has 0 saturated carbocycles. The summed E-state index contributed by atoms with van der Waals surface area (Å²) in [5.74, 6) is -1.26. The third-order valence-electron chi connectivity index (χ3n) is 3.68. The van der Waals surface area contributed by atoms with Crippen molar-refractivity contribution in [1.29, 1.82) is 0 Å². The van der Waals surface area contributed by atoms with Crippen molar-refractivity contribution in [2.45, 2.75) is 5.92 Å². The largest absolute Gasteiger partial charge is 0.293 e. The molecule has 0 atom stereocenters. The lowest BCUT2D eigenvalue weighted by Gasteiger charge is -2.15. The quantitative estimate of drug-likeness (QED) is 0.530. The maximum Gasteiger partial charge on any atom is 0.178 e. The maximum atomic E-state index is 12.9. The van der Waals surface area contributed by atoms with Crippen molar-refractivity contribution in [2.24, 2.45) is 0 Å². The molecule has 0 N–H and O–H groups in total. The van der Waals surface area contributed by atoms with Crippen molar-refractivity contribution < 1.29 is 9.59 Å². The van der Waals surface area contributed by atoms with Gasteiger partial charge in [-0.25, -0.2) is 0 Å². The summed E-state index contributed by atoms with van der Waals surface area (Å²) < 4.78 is 0. The van der Waals surface area contributed by atoms with E-state index in [1.54, 1.807) is 73.1 Å². The van der Waals surface area contributed by atoms with E-state index in [-0.39, 0.29) is 11.6 Å². The molecule has 1 aromatic heterocycles. The lowest BCUT2D eigenvalue weighted by molar-refractivity contribution is 0.0860. The molecule has 2 aromatic carbocycles. The van der Waals surface area contributed by atoms with Crippen molar-refractivity contribution in [3.05, 3.63) is 102 Å². The van der Waals surface area contributed by atoms with Crippen LogP contribution in [-0.2, 0) is 0 Å². The minimum atomic E-state index is -0.859. The van der Waals surface area contributed by atoms with E-state index in [0.717, 1.165) is 0 Å². The number of carbonyl (C=O) groups is 2. The average Bonchev–Trinajstić information content (AvgIpc) is 2.64. The number of aromatic nitrogens is 1. The number of hydrogen-bond acceptors (Lipinski definition) is 3. The summed E-state index contributed by atoms with van der Waals surface area (Å²) in [5.41, 5.74) is 1.71. The fraction of sp³-hybridized carbons (Fsp3) is 0.0500. The van der Waals surface area contributed by atoms with E-state index in [4.69, 9.17) is 0 Å². The van der Waals surface area contributed by atoms with E-state index in [0.29, 0.717) is 16.7 Å². The molecule has 112 valence electrons. The topological polar surface area (TPSA) is 47.0 Å². The molecule has 0 unspecified atom stereocenters. The van der Waals surface area contributed by atoms with Gasteiger partial charge in [-0.2, -0.15) is 0 Å². The van der Waals surface area contributed by atoms with Gasteiger partial charge in [-0.3, -0.25) is 14.6 Å². The van der Waals surface area contributed by atoms with Crippen LogP contribution in [0.3, 0.4) is 0 Å². The summed E-state index contributed by atoms with van der Waals surface area (Å²) in [5, 5.41) is 0. The van der Waals surface area contributed by atoms with E-state index in [9.17, 15) is 9.59 Å². The minimum Gasteiger partial charge on any atom is -0.293 e. The highest BCUT2D eigenvalue weighted by Gasteiger charge is 2.29. The van der Waals surface area contributed by atoms with Gasteiger partial charge in [-0.15, -0.1) is 0 Å². The molecule has 3 nitrogen and oxygen atoms in total. The number of pyridine rings is 1. The Morgan fingerprint density at radius 2 is 1.09 bits per heavy atom. The zero-order valence-electron chi connectivity index (χ0n) is 12.4. The van der Waals surface area contributed by atoms with Gasteiger partial charge in [0.15, 0.2) is 11.6 Å². The van der Waals surface area contributed by atoms with Gasteiger partial charge >= 0.3 is 0 Å². The number of Topliss-reactive ketones (excluding diaryl/α,β-unsaturated/α-hetero) is 2. The first-order valence-electron chi connectivity index (χ1n) is 7.36. The number of ketones is 2. The molecule has 0 aliphatic carbocycles. The predicted octanol–water partition coefficient (Wildman–Crippen LogP) is 3.93. The summed E-state index contributed by atoms with van der Waals surface area (Å²) in [6.07, 6.45) is 3.19. The first-order chi connectivity index (χ1) is 11.3. The highest BCUT2D eigenvalue weighted by molar-refractivity contribution is 6.20. The molecule has 0 aliphatic heterocycles. The Morgan fingerprint density at radius 3 is 1.52 bits per heavy atom.